The number of hydrogen-bond donors (Lipinski definition) is 1. The van der Waals surface area contributed by atoms with E-state index in [1.807, 2.05) is 0 Å². The molecular weight excluding hydrogens is 303 g/mol. The topological polar surface area (TPSA) is 32.3 Å². The molecule has 5 atom stereocenters. The molecule has 0 spiro atoms. The molecule has 3 heterocycles. The van der Waals surface area contributed by atoms with E-state index in [0.29, 0.717) is 17.9 Å². The van der Waals surface area contributed by atoms with Crippen LogP contribution in [0.4, 0.5) is 4.39 Å². The molecule has 2 unspecified atom stereocenters. The monoisotopic (exact) mass is 334 g/mol. The van der Waals surface area contributed by atoms with Crippen LogP contribution < -0.4 is 5.32 Å². The first-order valence-corrected chi connectivity index (χ1v) is 10.0. The molecule has 0 aromatic carbocycles. The van der Waals surface area contributed by atoms with Gasteiger partial charge in [-0.2, -0.15) is 0 Å². The Morgan fingerprint density at radius 1 is 1.17 bits per heavy atom. The average Bonchev–Trinajstić information content (AvgIpc) is 2.54. The lowest BCUT2D eigenvalue weighted by Gasteiger charge is -2.65. The Hall–Kier alpha value is -0.640. The maximum absolute atomic E-state index is 14.0. The van der Waals surface area contributed by atoms with Crippen molar-refractivity contribution in [3.05, 3.63) is 0 Å². The fraction of sp³-hybridized carbons (Fsp3) is 0.950. The summed E-state index contributed by atoms with van der Waals surface area (Å²) in [5.74, 6) is 1.51. The Balaban J connectivity index is 1.38. The normalized spacial score (nSPS) is 54.9. The van der Waals surface area contributed by atoms with Gasteiger partial charge in [0.05, 0.1) is 12.1 Å². The first kappa shape index (κ1) is 15.6. The highest BCUT2D eigenvalue weighted by molar-refractivity contribution is 5.83. The lowest BCUT2D eigenvalue weighted by Crippen LogP contribution is -2.64. The summed E-state index contributed by atoms with van der Waals surface area (Å²) in [6.45, 7) is 5.52. The second-order valence-corrected chi connectivity index (χ2v) is 10.5. The van der Waals surface area contributed by atoms with Crippen LogP contribution in [0.25, 0.3) is 0 Å². The molecule has 4 saturated carbocycles. The van der Waals surface area contributed by atoms with Crippen LogP contribution in [0.15, 0.2) is 0 Å². The van der Waals surface area contributed by atoms with E-state index in [1.54, 1.807) is 0 Å². The van der Waals surface area contributed by atoms with Crippen molar-refractivity contribution < 1.29 is 9.18 Å². The number of piperidine rings is 3. The number of nitrogens with one attached hydrogen (secondary N) is 1. The largest absolute Gasteiger partial charge is 0.351 e. The number of nitrogens with zero attached hydrogens (tertiary/aromatic N) is 1. The van der Waals surface area contributed by atoms with Gasteiger partial charge in [-0.1, -0.05) is 6.92 Å². The maximum Gasteiger partial charge on any atom is 0.226 e. The maximum atomic E-state index is 14.0. The van der Waals surface area contributed by atoms with E-state index >= 15 is 0 Å². The molecule has 4 heteroatoms. The van der Waals surface area contributed by atoms with Crippen LogP contribution in [0.3, 0.4) is 0 Å². The van der Waals surface area contributed by atoms with Crippen molar-refractivity contribution in [2.45, 2.75) is 64.3 Å². The van der Waals surface area contributed by atoms with Gasteiger partial charge >= 0.3 is 0 Å². The standard InChI is InChI=1S/C20H31FN2O/c1-18-6-14-7-19(10-18,13-21)12-20(8-14,11-18)17(24)22-16-9-23-4-2-15(16)3-5-23/h14-16H,2-13H2,1H3,(H,22,24)/t14?,16-,18-,19-,20?/m1/s1. The summed E-state index contributed by atoms with van der Waals surface area (Å²) >= 11 is 0. The number of alkyl halides is 1. The molecule has 3 aliphatic heterocycles. The average molecular weight is 334 g/mol. The molecule has 3 saturated heterocycles. The van der Waals surface area contributed by atoms with Crippen LogP contribution in [-0.2, 0) is 4.79 Å². The van der Waals surface area contributed by atoms with Gasteiger partial charge in [-0.15, -0.1) is 0 Å². The van der Waals surface area contributed by atoms with Gasteiger partial charge in [-0.3, -0.25) is 9.18 Å². The van der Waals surface area contributed by atoms with Gasteiger partial charge in [0.1, 0.15) is 0 Å². The Morgan fingerprint density at radius 2 is 1.96 bits per heavy atom. The minimum Gasteiger partial charge on any atom is -0.351 e. The van der Waals surface area contributed by atoms with Gasteiger partial charge in [0.15, 0.2) is 0 Å². The van der Waals surface area contributed by atoms with Crippen molar-refractivity contribution in [1.29, 1.82) is 0 Å². The highest BCUT2D eigenvalue weighted by Gasteiger charge is 2.64. The summed E-state index contributed by atoms with van der Waals surface area (Å²) in [4.78, 5) is 15.9. The number of carbonyl (C=O) groups is 1. The zero-order chi connectivity index (χ0) is 16.6. The predicted octanol–water partition coefficient (Wildman–Crippen LogP) is 3.14. The van der Waals surface area contributed by atoms with E-state index in [2.05, 4.69) is 17.1 Å². The summed E-state index contributed by atoms with van der Waals surface area (Å²) in [6.07, 6.45) is 8.50. The molecule has 6 bridgehead atoms. The molecule has 24 heavy (non-hydrogen) atoms. The first-order valence-electron chi connectivity index (χ1n) is 10.0. The van der Waals surface area contributed by atoms with Crippen molar-refractivity contribution >= 4 is 5.91 Å². The summed E-state index contributed by atoms with van der Waals surface area (Å²) in [6, 6.07) is 0.335. The van der Waals surface area contributed by atoms with Crippen molar-refractivity contribution in [3.8, 4) is 0 Å². The lowest BCUT2D eigenvalue weighted by molar-refractivity contribution is -0.177. The summed E-state index contributed by atoms with van der Waals surface area (Å²) < 4.78 is 14.0. The Morgan fingerprint density at radius 3 is 2.58 bits per heavy atom. The second kappa shape index (κ2) is 4.96. The zero-order valence-electron chi connectivity index (χ0n) is 15.0. The highest BCUT2D eigenvalue weighted by Crippen LogP contribution is 2.69. The minimum atomic E-state index is -0.272. The molecule has 7 fully saturated rings. The van der Waals surface area contributed by atoms with E-state index < -0.39 is 0 Å². The van der Waals surface area contributed by atoms with Gasteiger partial charge < -0.3 is 10.2 Å². The van der Waals surface area contributed by atoms with E-state index in [4.69, 9.17) is 0 Å². The molecular formula is C20H31FN2O. The molecule has 1 N–H and O–H groups in total. The van der Waals surface area contributed by atoms with Crippen molar-refractivity contribution in [2.75, 3.05) is 26.3 Å². The van der Waals surface area contributed by atoms with Crippen LogP contribution in [0.1, 0.15) is 58.3 Å². The second-order valence-electron chi connectivity index (χ2n) is 10.5. The third kappa shape index (κ3) is 2.21. The predicted molar refractivity (Wildman–Crippen MR) is 91.2 cm³/mol. The lowest BCUT2D eigenvalue weighted by atomic mass is 9.40. The van der Waals surface area contributed by atoms with Crippen LogP contribution in [0.2, 0.25) is 0 Å². The van der Waals surface area contributed by atoms with Gasteiger partial charge in [-0.25, -0.2) is 0 Å². The van der Waals surface area contributed by atoms with Crippen molar-refractivity contribution in [2.24, 2.45) is 28.1 Å². The van der Waals surface area contributed by atoms with Gasteiger partial charge in [0.25, 0.3) is 0 Å². The van der Waals surface area contributed by atoms with Gasteiger partial charge in [-0.05, 0) is 81.7 Å². The van der Waals surface area contributed by atoms with Gasteiger partial charge in [0, 0.05) is 18.0 Å². The van der Waals surface area contributed by atoms with E-state index in [9.17, 15) is 9.18 Å². The first-order chi connectivity index (χ1) is 11.4. The van der Waals surface area contributed by atoms with E-state index in [0.717, 1.165) is 38.6 Å². The zero-order valence-corrected chi connectivity index (χ0v) is 15.0. The Labute approximate surface area is 144 Å². The number of carbonyl (C=O) groups excluding carboxylic acids is 1. The van der Waals surface area contributed by atoms with Gasteiger partial charge in [0.2, 0.25) is 5.91 Å². The van der Waals surface area contributed by atoms with E-state index in [1.165, 1.54) is 32.4 Å². The number of amides is 1. The quantitative estimate of drug-likeness (QED) is 0.860. The number of halogens is 1. The molecule has 1 amide bonds. The molecule has 0 aromatic rings. The molecule has 3 nitrogen and oxygen atoms in total. The van der Waals surface area contributed by atoms with Crippen LogP contribution in [-0.4, -0.2) is 43.2 Å². The minimum absolute atomic E-state index is 0.192. The fourth-order valence-corrected chi connectivity index (χ4v) is 7.99. The number of hydrogen-bond acceptors (Lipinski definition) is 2. The molecule has 7 aliphatic rings. The summed E-state index contributed by atoms with van der Waals surface area (Å²) in [7, 11) is 0. The number of rotatable bonds is 3. The summed E-state index contributed by atoms with van der Waals surface area (Å²) in [5, 5.41) is 3.46. The van der Waals surface area contributed by atoms with Crippen LogP contribution in [0.5, 0.6) is 0 Å². The van der Waals surface area contributed by atoms with Crippen molar-refractivity contribution in [1.82, 2.24) is 10.2 Å². The van der Waals surface area contributed by atoms with E-state index in [-0.39, 0.29) is 28.8 Å². The fourth-order valence-electron chi connectivity index (χ4n) is 7.99. The van der Waals surface area contributed by atoms with Crippen LogP contribution >= 0.6 is 0 Å². The van der Waals surface area contributed by atoms with Crippen molar-refractivity contribution in [3.63, 3.8) is 0 Å². The Bertz CT molecular complexity index is 560. The molecule has 7 rings (SSSR count). The summed E-state index contributed by atoms with van der Waals surface area (Å²) in [5.41, 5.74) is -0.273. The smallest absolute Gasteiger partial charge is 0.226 e. The SMILES string of the molecule is C[C@]12CC3CC(C(=O)N[C@@H]4CN5CCC4CC5)(C1)C[C@@](CF)(C3)C2. The molecule has 0 aromatic heterocycles. The Kier molecular flexibility index (Phi) is 3.22. The number of fused-ring (bicyclic) bond motifs is 3. The van der Waals surface area contributed by atoms with Crippen LogP contribution in [0, 0.1) is 28.1 Å². The molecule has 4 aliphatic carbocycles. The molecule has 134 valence electrons. The third-order valence-electron chi connectivity index (χ3n) is 8.20. The highest BCUT2D eigenvalue weighted by atomic mass is 19.1. The third-order valence-corrected chi connectivity index (χ3v) is 8.20. The molecule has 0 radical (unpaired) electrons.